The van der Waals surface area contributed by atoms with Crippen LogP contribution in [0.15, 0.2) is 34.1 Å². The van der Waals surface area contributed by atoms with E-state index in [9.17, 15) is 0 Å². The zero-order chi connectivity index (χ0) is 11.4. The number of rotatable bonds is 5. The maximum absolute atomic E-state index is 5.65. The van der Waals surface area contributed by atoms with Gasteiger partial charge in [0.15, 0.2) is 0 Å². The highest BCUT2D eigenvalue weighted by molar-refractivity contribution is 7.09. The van der Waals surface area contributed by atoms with E-state index < -0.39 is 0 Å². The Bertz CT molecular complexity index is 419. The molecule has 0 aliphatic rings. The van der Waals surface area contributed by atoms with E-state index in [1.54, 1.807) is 0 Å². The van der Waals surface area contributed by atoms with E-state index in [4.69, 9.17) is 4.42 Å². The number of aryl methyl sites for hydroxylation is 2. The molecule has 0 bridgehead atoms. The van der Waals surface area contributed by atoms with Crippen LogP contribution in [0.1, 0.15) is 28.9 Å². The van der Waals surface area contributed by atoms with Gasteiger partial charge < -0.3 is 9.73 Å². The second kappa shape index (κ2) is 5.32. The average Bonchev–Trinajstić information content (AvgIpc) is 2.91. The van der Waals surface area contributed by atoms with E-state index in [1.165, 1.54) is 4.88 Å². The Hall–Kier alpha value is -1.06. The maximum Gasteiger partial charge on any atom is 0.121 e. The predicted octanol–water partition coefficient (Wildman–Crippen LogP) is 3.54. The van der Waals surface area contributed by atoms with Crippen LogP contribution in [-0.4, -0.2) is 7.05 Å². The zero-order valence-corrected chi connectivity index (χ0v) is 10.5. The third-order valence-corrected chi connectivity index (χ3v) is 3.65. The van der Waals surface area contributed by atoms with Crippen molar-refractivity contribution in [3.8, 4) is 0 Å². The molecule has 0 aromatic carbocycles. The first-order valence-electron chi connectivity index (χ1n) is 5.55. The number of hydrogen-bond donors (Lipinski definition) is 1. The highest BCUT2D eigenvalue weighted by Gasteiger charge is 2.12. The molecular weight excluding hydrogens is 218 g/mol. The summed E-state index contributed by atoms with van der Waals surface area (Å²) in [5.41, 5.74) is 0. The second-order valence-electron chi connectivity index (χ2n) is 3.91. The second-order valence-corrected chi connectivity index (χ2v) is 4.94. The molecule has 0 saturated carbocycles. The first-order chi connectivity index (χ1) is 7.79. The van der Waals surface area contributed by atoms with Crippen molar-refractivity contribution in [3.05, 3.63) is 46.0 Å². The van der Waals surface area contributed by atoms with E-state index in [-0.39, 0.29) is 0 Å². The highest BCUT2D eigenvalue weighted by Crippen LogP contribution is 2.22. The molecule has 0 saturated heterocycles. The lowest BCUT2D eigenvalue weighted by molar-refractivity contribution is 0.402. The summed E-state index contributed by atoms with van der Waals surface area (Å²) >= 11 is 1.82. The van der Waals surface area contributed by atoms with Gasteiger partial charge in [-0.05, 0) is 50.4 Å². The van der Waals surface area contributed by atoms with Crippen LogP contribution < -0.4 is 5.32 Å². The van der Waals surface area contributed by atoms with Gasteiger partial charge in [-0.25, -0.2) is 0 Å². The third kappa shape index (κ3) is 2.74. The van der Waals surface area contributed by atoms with Crippen LogP contribution in [0.5, 0.6) is 0 Å². The largest absolute Gasteiger partial charge is 0.465 e. The fourth-order valence-electron chi connectivity index (χ4n) is 1.81. The summed E-state index contributed by atoms with van der Waals surface area (Å²) in [6.45, 7) is 1.98. The molecule has 1 atom stereocenters. The third-order valence-electron chi connectivity index (χ3n) is 2.71. The molecule has 0 spiro atoms. The van der Waals surface area contributed by atoms with Crippen molar-refractivity contribution >= 4 is 11.3 Å². The number of nitrogens with one attached hydrogen (secondary N) is 1. The fraction of sp³-hybridized carbons (Fsp3) is 0.385. The molecule has 0 aliphatic heterocycles. The summed E-state index contributed by atoms with van der Waals surface area (Å²) in [4.78, 5) is 1.43. The quantitative estimate of drug-likeness (QED) is 0.857. The van der Waals surface area contributed by atoms with Crippen LogP contribution >= 0.6 is 11.3 Å². The summed E-state index contributed by atoms with van der Waals surface area (Å²) in [5.74, 6) is 2.02. The fourth-order valence-corrected chi connectivity index (χ4v) is 2.54. The van der Waals surface area contributed by atoms with Gasteiger partial charge in [0.05, 0.1) is 6.04 Å². The van der Waals surface area contributed by atoms with Gasteiger partial charge in [-0.15, -0.1) is 11.3 Å². The molecule has 2 aromatic rings. The van der Waals surface area contributed by atoms with E-state index >= 15 is 0 Å². The SMILES string of the molecule is CNC(CCc1cccs1)c1ccc(C)o1. The summed E-state index contributed by atoms with van der Waals surface area (Å²) in [5, 5.41) is 5.43. The first kappa shape index (κ1) is 11.4. The van der Waals surface area contributed by atoms with E-state index in [1.807, 2.05) is 31.4 Å². The molecule has 2 heterocycles. The zero-order valence-electron chi connectivity index (χ0n) is 9.69. The minimum absolute atomic E-state index is 0.316. The van der Waals surface area contributed by atoms with Crippen LogP contribution in [0.3, 0.4) is 0 Å². The molecule has 0 amide bonds. The van der Waals surface area contributed by atoms with Crippen molar-refractivity contribution in [3.63, 3.8) is 0 Å². The predicted molar refractivity (Wildman–Crippen MR) is 67.9 cm³/mol. The van der Waals surface area contributed by atoms with Crippen molar-refractivity contribution in [2.75, 3.05) is 7.05 Å². The Morgan fingerprint density at radius 3 is 2.81 bits per heavy atom. The van der Waals surface area contributed by atoms with E-state index in [0.717, 1.165) is 24.4 Å². The van der Waals surface area contributed by atoms with Gasteiger partial charge >= 0.3 is 0 Å². The minimum atomic E-state index is 0.316. The van der Waals surface area contributed by atoms with Gasteiger partial charge in [0.25, 0.3) is 0 Å². The smallest absolute Gasteiger partial charge is 0.121 e. The van der Waals surface area contributed by atoms with Crippen molar-refractivity contribution in [2.45, 2.75) is 25.8 Å². The molecule has 16 heavy (non-hydrogen) atoms. The molecule has 0 aliphatic carbocycles. The van der Waals surface area contributed by atoms with Gasteiger partial charge in [-0.2, -0.15) is 0 Å². The normalized spacial score (nSPS) is 12.9. The Morgan fingerprint density at radius 1 is 1.38 bits per heavy atom. The lowest BCUT2D eigenvalue weighted by Crippen LogP contribution is -2.16. The first-order valence-corrected chi connectivity index (χ1v) is 6.43. The Labute approximate surface area is 100 Å². The lowest BCUT2D eigenvalue weighted by Gasteiger charge is -2.12. The molecule has 2 rings (SSSR count). The van der Waals surface area contributed by atoms with Gasteiger partial charge in [0.2, 0.25) is 0 Å². The van der Waals surface area contributed by atoms with E-state index in [2.05, 4.69) is 28.9 Å². The van der Waals surface area contributed by atoms with Crippen molar-refractivity contribution in [2.24, 2.45) is 0 Å². The Balaban J connectivity index is 1.96. The Kier molecular flexibility index (Phi) is 3.80. The number of hydrogen-bond acceptors (Lipinski definition) is 3. The monoisotopic (exact) mass is 235 g/mol. The molecule has 2 nitrogen and oxygen atoms in total. The van der Waals surface area contributed by atoms with Crippen molar-refractivity contribution in [1.29, 1.82) is 0 Å². The van der Waals surface area contributed by atoms with Gasteiger partial charge in [-0.3, -0.25) is 0 Å². The van der Waals surface area contributed by atoms with Crippen molar-refractivity contribution < 1.29 is 4.42 Å². The van der Waals surface area contributed by atoms with Crippen LogP contribution in [-0.2, 0) is 6.42 Å². The van der Waals surface area contributed by atoms with Crippen LogP contribution in [0.2, 0.25) is 0 Å². The molecule has 1 unspecified atom stereocenters. The summed E-state index contributed by atoms with van der Waals surface area (Å²) < 4.78 is 5.65. The van der Waals surface area contributed by atoms with Crippen LogP contribution in [0.4, 0.5) is 0 Å². The van der Waals surface area contributed by atoms with E-state index in [0.29, 0.717) is 6.04 Å². The highest BCUT2D eigenvalue weighted by atomic mass is 32.1. The number of furan rings is 1. The molecule has 0 fully saturated rings. The maximum atomic E-state index is 5.65. The molecular formula is C13H17NOS. The summed E-state index contributed by atoms with van der Waals surface area (Å²) in [6, 6.07) is 8.68. The number of thiophene rings is 1. The van der Waals surface area contributed by atoms with Gasteiger partial charge in [0.1, 0.15) is 11.5 Å². The average molecular weight is 235 g/mol. The Morgan fingerprint density at radius 2 is 2.25 bits per heavy atom. The lowest BCUT2D eigenvalue weighted by atomic mass is 10.1. The summed E-state index contributed by atoms with van der Waals surface area (Å²) in [7, 11) is 1.98. The molecule has 86 valence electrons. The molecule has 3 heteroatoms. The van der Waals surface area contributed by atoms with Gasteiger partial charge in [-0.1, -0.05) is 6.07 Å². The minimum Gasteiger partial charge on any atom is -0.465 e. The topological polar surface area (TPSA) is 25.2 Å². The molecule has 0 radical (unpaired) electrons. The van der Waals surface area contributed by atoms with Crippen LogP contribution in [0.25, 0.3) is 0 Å². The van der Waals surface area contributed by atoms with Gasteiger partial charge in [0, 0.05) is 4.88 Å². The summed E-state index contributed by atoms with van der Waals surface area (Å²) in [6.07, 6.45) is 2.17. The molecule has 2 aromatic heterocycles. The molecule has 1 N–H and O–H groups in total. The van der Waals surface area contributed by atoms with Crippen molar-refractivity contribution in [1.82, 2.24) is 5.32 Å². The standard InChI is InChI=1S/C13H17NOS/c1-10-5-8-13(15-10)12(14-2)7-6-11-4-3-9-16-11/h3-5,8-9,12,14H,6-7H2,1-2H3. The van der Waals surface area contributed by atoms with Crippen LogP contribution in [0, 0.1) is 6.92 Å².